The van der Waals surface area contributed by atoms with E-state index in [1.165, 1.54) is 12.3 Å². The Balaban J connectivity index is 2.28. The van der Waals surface area contributed by atoms with Gasteiger partial charge < -0.3 is 11.1 Å². The number of nitrogens with one attached hydrogen (secondary N) is 2. The highest BCUT2D eigenvalue weighted by molar-refractivity contribution is 6.04. The molecule has 5 nitrogen and oxygen atoms in total. The van der Waals surface area contributed by atoms with E-state index in [0.29, 0.717) is 6.07 Å². The smallest absolute Gasteiger partial charge is 0.273 e. The predicted molar refractivity (Wildman–Crippen MR) is 57.3 cm³/mol. The number of aromatic amines is 1. The lowest BCUT2D eigenvalue weighted by molar-refractivity contribution is 0.102. The lowest BCUT2D eigenvalue weighted by Crippen LogP contribution is -2.15. The Morgan fingerprint density at radius 3 is 2.76 bits per heavy atom. The van der Waals surface area contributed by atoms with Crippen molar-refractivity contribution in [2.24, 2.45) is 0 Å². The topological polar surface area (TPSA) is 83.8 Å². The van der Waals surface area contributed by atoms with Gasteiger partial charge in [0.25, 0.3) is 5.91 Å². The molecule has 1 aromatic heterocycles. The van der Waals surface area contributed by atoms with E-state index in [0.717, 1.165) is 6.07 Å². The van der Waals surface area contributed by atoms with Crippen molar-refractivity contribution in [1.82, 2.24) is 10.2 Å². The molecule has 0 saturated heterocycles. The van der Waals surface area contributed by atoms with Crippen LogP contribution in [0.1, 0.15) is 10.5 Å². The van der Waals surface area contributed by atoms with Crippen LogP contribution in [0.2, 0.25) is 0 Å². The van der Waals surface area contributed by atoms with Gasteiger partial charge in [-0.3, -0.25) is 9.89 Å². The maximum Gasteiger partial charge on any atom is 0.273 e. The molecule has 1 amide bonds. The summed E-state index contributed by atoms with van der Waals surface area (Å²) in [5.41, 5.74) is 5.11. The fourth-order valence-corrected chi connectivity index (χ4v) is 1.29. The number of carbonyl (C=O) groups excluding carboxylic acids is 1. The summed E-state index contributed by atoms with van der Waals surface area (Å²) in [7, 11) is 0. The first-order valence-corrected chi connectivity index (χ1v) is 4.63. The molecular weight excluding hydrogens is 230 g/mol. The van der Waals surface area contributed by atoms with Crippen LogP contribution in [0.25, 0.3) is 0 Å². The van der Waals surface area contributed by atoms with Crippen LogP contribution in [0.4, 0.5) is 20.2 Å². The number of carbonyl (C=O) groups is 1. The van der Waals surface area contributed by atoms with E-state index in [4.69, 9.17) is 5.73 Å². The Kier molecular flexibility index (Phi) is 2.73. The minimum atomic E-state index is -0.935. The predicted octanol–water partition coefficient (Wildman–Crippen LogP) is 1.52. The second-order valence-electron chi connectivity index (χ2n) is 3.28. The number of H-pyrrole nitrogens is 1. The van der Waals surface area contributed by atoms with Crippen molar-refractivity contribution in [2.75, 3.05) is 11.1 Å². The molecule has 0 aliphatic heterocycles. The van der Waals surface area contributed by atoms with E-state index in [9.17, 15) is 13.6 Å². The van der Waals surface area contributed by atoms with E-state index in [1.54, 1.807) is 0 Å². The highest BCUT2D eigenvalue weighted by atomic mass is 19.1. The largest absolute Gasteiger partial charge is 0.397 e. The van der Waals surface area contributed by atoms with Gasteiger partial charge in [0.1, 0.15) is 17.2 Å². The van der Waals surface area contributed by atoms with E-state index in [2.05, 4.69) is 15.5 Å². The number of amides is 1. The lowest BCUT2D eigenvalue weighted by atomic mass is 10.2. The first kappa shape index (κ1) is 11.1. The fourth-order valence-electron chi connectivity index (χ4n) is 1.29. The molecular formula is C10H8F2N4O. The van der Waals surface area contributed by atoms with E-state index >= 15 is 0 Å². The summed E-state index contributed by atoms with van der Waals surface area (Å²) >= 11 is 0. The zero-order valence-corrected chi connectivity index (χ0v) is 8.50. The van der Waals surface area contributed by atoms with Crippen molar-refractivity contribution in [3.8, 4) is 0 Å². The lowest BCUT2D eigenvalue weighted by Gasteiger charge is -2.08. The van der Waals surface area contributed by atoms with Gasteiger partial charge in [-0.05, 0) is 12.1 Å². The van der Waals surface area contributed by atoms with Crippen LogP contribution in [0.3, 0.4) is 0 Å². The Labute approximate surface area is 94.6 Å². The van der Waals surface area contributed by atoms with Crippen molar-refractivity contribution >= 4 is 17.3 Å². The van der Waals surface area contributed by atoms with Gasteiger partial charge in [0.15, 0.2) is 5.82 Å². The fraction of sp³-hybridized carbons (Fsp3) is 0. The number of rotatable bonds is 2. The molecule has 17 heavy (non-hydrogen) atoms. The molecule has 0 atom stereocenters. The average Bonchev–Trinajstić information content (AvgIpc) is 2.76. The summed E-state index contributed by atoms with van der Waals surface area (Å²) in [6, 6.07) is 2.97. The SMILES string of the molecule is Nc1cc(F)cc(F)c1NC(=O)c1ccn[nH]1. The van der Waals surface area contributed by atoms with E-state index in [1.807, 2.05) is 0 Å². The second kappa shape index (κ2) is 4.20. The monoisotopic (exact) mass is 238 g/mol. The first-order chi connectivity index (χ1) is 8.08. The number of aromatic nitrogens is 2. The Morgan fingerprint density at radius 1 is 1.41 bits per heavy atom. The van der Waals surface area contributed by atoms with Crippen LogP contribution in [-0.4, -0.2) is 16.1 Å². The maximum absolute atomic E-state index is 13.4. The Morgan fingerprint density at radius 2 is 2.18 bits per heavy atom. The number of anilines is 2. The molecule has 0 spiro atoms. The van der Waals surface area contributed by atoms with Gasteiger partial charge in [-0.15, -0.1) is 0 Å². The quantitative estimate of drug-likeness (QED) is 0.693. The number of nitrogens with zero attached hydrogens (tertiary/aromatic N) is 1. The number of nitrogens with two attached hydrogens (primary N) is 1. The minimum Gasteiger partial charge on any atom is -0.397 e. The number of halogens is 2. The minimum absolute atomic E-state index is 0.146. The molecule has 2 rings (SSSR count). The number of benzene rings is 1. The summed E-state index contributed by atoms with van der Waals surface area (Å²) in [4.78, 5) is 11.6. The Bertz CT molecular complexity index is 530. The molecule has 0 aliphatic rings. The van der Waals surface area contributed by atoms with Gasteiger partial charge in [-0.25, -0.2) is 8.78 Å². The van der Waals surface area contributed by atoms with Crippen molar-refractivity contribution in [1.29, 1.82) is 0 Å². The van der Waals surface area contributed by atoms with Crippen molar-refractivity contribution in [3.05, 3.63) is 41.7 Å². The molecule has 0 fully saturated rings. The van der Waals surface area contributed by atoms with Gasteiger partial charge in [0.05, 0.1) is 5.69 Å². The zero-order chi connectivity index (χ0) is 12.4. The maximum atomic E-state index is 13.4. The standard InChI is InChI=1S/C10H8F2N4O/c11-5-3-6(12)9(7(13)4-5)15-10(17)8-1-2-14-16-8/h1-4H,13H2,(H,14,16)(H,15,17). The van der Waals surface area contributed by atoms with Crippen LogP contribution >= 0.6 is 0 Å². The van der Waals surface area contributed by atoms with Gasteiger partial charge in [-0.2, -0.15) is 5.10 Å². The van der Waals surface area contributed by atoms with Gasteiger partial charge in [0.2, 0.25) is 0 Å². The summed E-state index contributed by atoms with van der Waals surface area (Å²) in [5.74, 6) is -2.35. The van der Waals surface area contributed by atoms with E-state index in [-0.39, 0.29) is 17.1 Å². The second-order valence-corrected chi connectivity index (χ2v) is 3.28. The zero-order valence-electron chi connectivity index (χ0n) is 8.50. The summed E-state index contributed by atoms with van der Waals surface area (Å²) in [6.07, 6.45) is 1.37. The molecule has 0 radical (unpaired) electrons. The molecule has 2 aromatic rings. The van der Waals surface area contributed by atoms with Crippen LogP contribution in [-0.2, 0) is 0 Å². The molecule has 0 saturated carbocycles. The Hall–Kier alpha value is -2.44. The van der Waals surface area contributed by atoms with Crippen LogP contribution < -0.4 is 11.1 Å². The average molecular weight is 238 g/mol. The van der Waals surface area contributed by atoms with Crippen molar-refractivity contribution in [2.45, 2.75) is 0 Å². The van der Waals surface area contributed by atoms with Gasteiger partial charge in [-0.1, -0.05) is 0 Å². The number of hydrogen-bond acceptors (Lipinski definition) is 3. The molecule has 1 aromatic carbocycles. The number of nitrogen functional groups attached to an aromatic ring is 1. The first-order valence-electron chi connectivity index (χ1n) is 4.63. The molecule has 0 unspecified atom stereocenters. The van der Waals surface area contributed by atoms with Crippen LogP contribution in [0.5, 0.6) is 0 Å². The summed E-state index contributed by atoms with van der Waals surface area (Å²) in [6.45, 7) is 0. The van der Waals surface area contributed by atoms with Gasteiger partial charge >= 0.3 is 0 Å². The highest BCUT2D eigenvalue weighted by Gasteiger charge is 2.14. The third-order valence-electron chi connectivity index (χ3n) is 2.07. The molecule has 0 aliphatic carbocycles. The normalized spacial score (nSPS) is 10.2. The van der Waals surface area contributed by atoms with Crippen LogP contribution in [0, 0.1) is 11.6 Å². The van der Waals surface area contributed by atoms with Crippen molar-refractivity contribution in [3.63, 3.8) is 0 Å². The molecule has 0 bridgehead atoms. The molecule has 4 N–H and O–H groups in total. The van der Waals surface area contributed by atoms with E-state index < -0.39 is 17.5 Å². The van der Waals surface area contributed by atoms with Gasteiger partial charge in [0, 0.05) is 12.3 Å². The van der Waals surface area contributed by atoms with Crippen molar-refractivity contribution < 1.29 is 13.6 Å². The molecule has 7 heteroatoms. The third-order valence-corrected chi connectivity index (χ3v) is 2.07. The third kappa shape index (κ3) is 2.22. The molecule has 88 valence electrons. The number of hydrogen-bond donors (Lipinski definition) is 3. The summed E-state index contributed by atoms with van der Waals surface area (Å²) < 4.78 is 26.1. The highest BCUT2D eigenvalue weighted by Crippen LogP contribution is 2.24. The van der Waals surface area contributed by atoms with Crippen LogP contribution in [0.15, 0.2) is 24.4 Å². The summed E-state index contributed by atoms with van der Waals surface area (Å²) in [5, 5.41) is 8.21. The molecule has 1 heterocycles.